The Morgan fingerprint density at radius 2 is 1.91 bits per heavy atom. The Labute approximate surface area is 137 Å². The summed E-state index contributed by atoms with van der Waals surface area (Å²) in [6.45, 7) is 0.536. The van der Waals surface area contributed by atoms with Crippen molar-refractivity contribution in [2.24, 2.45) is 0 Å². The summed E-state index contributed by atoms with van der Waals surface area (Å²) >= 11 is 0. The quantitative estimate of drug-likeness (QED) is 0.478. The van der Waals surface area contributed by atoms with Crippen LogP contribution in [0.25, 0.3) is 0 Å². The minimum atomic E-state index is -0.370. The van der Waals surface area contributed by atoms with Gasteiger partial charge < -0.3 is 14.6 Å². The molecule has 0 bridgehead atoms. The highest BCUT2D eigenvalue weighted by molar-refractivity contribution is 5.81. The molecular weight excluding hydrogens is 292 g/mol. The van der Waals surface area contributed by atoms with Crippen molar-refractivity contribution < 1.29 is 14.3 Å². The van der Waals surface area contributed by atoms with Crippen LogP contribution in [0.15, 0.2) is 36.7 Å². The van der Waals surface area contributed by atoms with Gasteiger partial charge in [0, 0.05) is 25.0 Å². The van der Waals surface area contributed by atoms with Crippen LogP contribution in [0.3, 0.4) is 0 Å². The second-order valence-electron chi connectivity index (χ2n) is 6.12. The van der Waals surface area contributed by atoms with Crippen LogP contribution in [0, 0.1) is 0 Å². The van der Waals surface area contributed by atoms with E-state index in [1.54, 1.807) is 6.08 Å². The van der Waals surface area contributed by atoms with Crippen molar-refractivity contribution in [2.45, 2.75) is 50.5 Å². The average molecular weight is 318 g/mol. The maximum Gasteiger partial charge on any atom is 0.330 e. The average Bonchev–Trinajstić information content (AvgIpc) is 3.10. The summed E-state index contributed by atoms with van der Waals surface area (Å²) in [5, 5.41) is 2.95. The van der Waals surface area contributed by atoms with Gasteiger partial charge in [-0.3, -0.25) is 4.79 Å². The lowest BCUT2D eigenvalue weighted by atomic mass is 9.78. The molecule has 5 heteroatoms. The third-order valence-electron chi connectivity index (χ3n) is 4.51. The van der Waals surface area contributed by atoms with Crippen molar-refractivity contribution in [3.05, 3.63) is 36.7 Å². The molecule has 0 aliphatic heterocycles. The Bertz CT molecular complexity index is 528. The van der Waals surface area contributed by atoms with E-state index in [0.29, 0.717) is 19.4 Å². The van der Waals surface area contributed by atoms with Gasteiger partial charge in [0.15, 0.2) is 0 Å². The first-order valence-corrected chi connectivity index (χ1v) is 8.31. The summed E-state index contributed by atoms with van der Waals surface area (Å²) in [5.74, 6) is -0.294. The van der Waals surface area contributed by atoms with E-state index in [-0.39, 0.29) is 17.4 Å². The van der Waals surface area contributed by atoms with Gasteiger partial charge in [0.25, 0.3) is 0 Å². The van der Waals surface area contributed by atoms with Crippen LogP contribution in [0.1, 0.15) is 44.9 Å². The van der Waals surface area contributed by atoms with Crippen molar-refractivity contribution in [3.8, 4) is 0 Å². The summed E-state index contributed by atoms with van der Waals surface area (Å²) in [4.78, 5) is 23.3. The highest BCUT2D eigenvalue weighted by Gasteiger charge is 2.35. The fourth-order valence-corrected chi connectivity index (χ4v) is 3.29. The maximum atomic E-state index is 12.3. The summed E-state index contributed by atoms with van der Waals surface area (Å²) in [6, 6.07) is 4.04. The van der Waals surface area contributed by atoms with Gasteiger partial charge >= 0.3 is 5.97 Å². The summed E-state index contributed by atoms with van der Waals surface area (Å²) in [5.41, 5.74) is -0.0757. The SMILES string of the molecule is COC(=O)/C=C/CCNC(=O)CC1(n2cccc2)CCCCC1. The molecule has 1 amide bonds. The Kier molecular flexibility index (Phi) is 6.44. The summed E-state index contributed by atoms with van der Waals surface area (Å²) in [6.07, 6.45) is 14.1. The van der Waals surface area contributed by atoms with Crippen molar-refractivity contribution in [1.29, 1.82) is 0 Å². The monoisotopic (exact) mass is 318 g/mol. The van der Waals surface area contributed by atoms with E-state index < -0.39 is 0 Å². The van der Waals surface area contributed by atoms with Gasteiger partial charge in [0.05, 0.1) is 19.1 Å². The highest BCUT2D eigenvalue weighted by atomic mass is 16.5. The lowest BCUT2D eigenvalue weighted by Gasteiger charge is -2.38. The minimum Gasteiger partial charge on any atom is -0.466 e. The molecule has 1 saturated carbocycles. The van der Waals surface area contributed by atoms with E-state index in [1.807, 2.05) is 12.1 Å². The van der Waals surface area contributed by atoms with Crippen LogP contribution in [0.2, 0.25) is 0 Å². The number of nitrogens with zero attached hydrogens (tertiary/aromatic N) is 1. The number of hydrogen-bond acceptors (Lipinski definition) is 3. The van der Waals surface area contributed by atoms with Crippen LogP contribution in [0.4, 0.5) is 0 Å². The van der Waals surface area contributed by atoms with Gasteiger partial charge in [-0.25, -0.2) is 4.79 Å². The number of nitrogens with one attached hydrogen (secondary N) is 1. The van der Waals surface area contributed by atoms with Crippen LogP contribution in [0.5, 0.6) is 0 Å². The molecule has 0 aromatic carbocycles. The van der Waals surface area contributed by atoms with Crippen molar-refractivity contribution >= 4 is 11.9 Å². The van der Waals surface area contributed by atoms with Gasteiger partial charge in [-0.15, -0.1) is 0 Å². The van der Waals surface area contributed by atoms with Crippen molar-refractivity contribution in [3.63, 3.8) is 0 Å². The predicted octanol–water partition coefficient (Wildman–Crippen LogP) is 2.77. The molecule has 1 aromatic heterocycles. The third-order valence-corrected chi connectivity index (χ3v) is 4.51. The lowest BCUT2D eigenvalue weighted by molar-refractivity contribution is -0.134. The molecule has 0 saturated heterocycles. The van der Waals surface area contributed by atoms with E-state index in [2.05, 4.69) is 27.0 Å². The Hall–Kier alpha value is -2.04. The molecule has 1 N–H and O–H groups in total. The summed E-state index contributed by atoms with van der Waals surface area (Å²) < 4.78 is 6.73. The molecule has 0 atom stereocenters. The largest absolute Gasteiger partial charge is 0.466 e. The molecule has 0 spiro atoms. The van der Waals surface area contributed by atoms with Crippen LogP contribution < -0.4 is 5.32 Å². The van der Waals surface area contributed by atoms with Crippen molar-refractivity contribution in [1.82, 2.24) is 9.88 Å². The number of carbonyl (C=O) groups is 2. The van der Waals surface area contributed by atoms with Gasteiger partial charge in [-0.2, -0.15) is 0 Å². The second kappa shape index (κ2) is 8.56. The minimum absolute atomic E-state index is 0.0757. The molecule has 23 heavy (non-hydrogen) atoms. The first-order valence-electron chi connectivity index (χ1n) is 8.31. The number of carbonyl (C=O) groups excluding carboxylic acids is 2. The fraction of sp³-hybridized carbons (Fsp3) is 0.556. The molecule has 2 rings (SSSR count). The van der Waals surface area contributed by atoms with Gasteiger partial charge in [0.2, 0.25) is 5.91 Å². The summed E-state index contributed by atoms with van der Waals surface area (Å²) in [7, 11) is 1.35. The molecule has 1 aliphatic carbocycles. The number of hydrogen-bond donors (Lipinski definition) is 1. The molecule has 126 valence electrons. The van der Waals surface area contributed by atoms with Crippen molar-refractivity contribution in [2.75, 3.05) is 13.7 Å². The van der Waals surface area contributed by atoms with E-state index >= 15 is 0 Å². The fourth-order valence-electron chi connectivity index (χ4n) is 3.29. The maximum absolute atomic E-state index is 12.3. The van der Waals surface area contributed by atoms with E-state index in [4.69, 9.17) is 0 Å². The molecule has 0 unspecified atom stereocenters. The van der Waals surface area contributed by atoms with E-state index in [1.165, 1.54) is 32.4 Å². The smallest absolute Gasteiger partial charge is 0.330 e. The number of amides is 1. The normalized spacial score (nSPS) is 17.1. The zero-order valence-corrected chi connectivity index (χ0v) is 13.8. The van der Waals surface area contributed by atoms with Gasteiger partial charge in [0.1, 0.15) is 0 Å². The van der Waals surface area contributed by atoms with Crippen LogP contribution >= 0.6 is 0 Å². The molecule has 1 aromatic rings. The third kappa shape index (κ3) is 4.98. The Balaban J connectivity index is 1.84. The van der Waals surface area contributed by atoms with Gasteiger partial charge in [-0.1, -0.05) is 25.3 Å². The number of rotatable bonds is 7. The zero-order chi connectivity index (χ0) is 16.5. The zero-order valence-electron chi connectivity index (χ0n) is 13.8. The predicted molar refractivity (Wildman–Crippen MR) is 88.9 cm³/mol. The standard InChI is InChI=1S/C18H26N2O3/c1-23-17(22)9-3-6-12-19-16(21)15-18(10-4-2-5-11-18)20-13-7-8-14-20/h3,7-9,13-14H,2,4-6,10-12,15H2,1H3,(H,19,21)/b9-3+. The molecule has 5 nitrogen and oxygen atoms in total. The van der Waals surface area contributed by atoms with Crippen LogP contribution in [-0.2, 0) is 19.9 Å². The van der Waals surface area contributed by atoms with Crippen LogP contribution in [-0.4, -0.2) is 30.1 Å². The Morgan fingerprint density at radius 1 is 1.22 bits per heavy atom. The van der Waals surface area contributed by atoms with Gasteiger partial charge in [-0.05, 0) is 31.4 Å². The van der Waals surface area contributed by atoms with E-state index in [0.717, 1.165) is 12.8 Å². The molecule has 1 heterocycles. The second-order valence-corrected chi connectivity index (χ2v) is 6.12. The molecular formula is C18H26N2O3. The molecule has 1 fully saturated rings. The molecule has 1 aliphatic rings. The topological polar surface area (TPSA) is 60.3 Å². The number of esters is 1. The Morgan fingerprint density at radius 3 is 2.57 bits per heavy atom. The first-order chi connectivity index (χ1) is 11.2. The number of aromatic nitrogens is 1. The first kappa shape index (κ1) is 17.3. The number of ether oxygens (including phenoxy) is 1. The lowest BCUT2D eigenvalue weighted by Crippen LogP contribution is -2.40. The molecule has 0 radical (unpaired) electrons. The number of methoxy groups -OCH3 is 1. The van der Waals surface area contributed by atoms with E-state index in [9.17, 15) is 9.59 Å². The highest BCUT2D eigenvalue weighted by Crippen LogP contribution is 2.37.